The summed E-state index contributed by atoms with van der Waals surface area (Å²) in [5.74, 6) is -1.70. The molecular formula is C27H22N2O5. The van der Waals surface area contributed by atoms with Crippen LogP contribution in [-0.4, -0.2) is 37.0 Å². The van der Waals surface area contributed by atoms with Gasteiger partial charge in [-0.1, -0.05) is 48.0 Å². The second kappa shape index (κ2) is 9.54. The van der Waals surface area contributed by atoms with E-state index in [1.165, 1.54) is 32.4 Å². The number of nitrogens with zero attached hydrogens (tertiary/aromatic N) is 1. The van der Waals surface area contributed by atoms with Crippen molar-refractivity contribution in [3.05, 3.63) is 95.1 Å². The molecule has 4 rings (SSSR count). The van der Waals surface area contributed by atoms with Crippen LogP contribution in [0.2, 0.25) is 0 Å². The lowest BCUT2D eigenvalue weighted by Gasteiger charge is -2.14. The van der Waals surface area contributed by atoms with Gasteiger partial charge in [0.15, 0.2) is 0 Å². The number of carbonyl (C=O) groups excluding carboxylic acids is 3. The number of esters is 2. The van der Waals surface area contributed by atoms with Crippen molar-refractivity contribution in [3.8, 4) is 11.3 Å². The number of ether oxygens (including phenoxy) is 2. The van der Waals surface area contributed by atoms with Gasteiger partial charge < -0.3 is 14.8 Å². The molecule has 3 aromatic carbocycles. The van der Waals surface area contributed by atoms with E-state index in [2.05, 4.69) is 5.32 Å². The molecule has 0 radical (unpaired) electrons. The number of amides is 1. The third-order valence-electron chi connectivity index (χ3n) is 5.40. The van der Waals surface area contributed by atoms with Crippen molar-refractivity contribution >= 4 is 34.4 Å². The molecule has 0 unspecified atom stereocenters. The number of carbonyl (C=O) groups is 3. The fourth-order valence-corrected chi connectivity index (χ4v) is 3.61. The van der Waals surface area contributed by atoms with Gasteiger partial charge in [-0.25, -0.2) is 14.6 Å². The van der Waals surface area contributed by atoms with Gasteiger partial charge in [0.2, 0.25) is 0 Å². The van der Waals surface area contributed by atoms with Gasteiger partial charge in [0.1, 0.15) is 0 Å². The van der Waals surface area contributed by atoms with Crippen molar-refractivity contribution < 1.29 is 23.9 Å². The van der Waals surface area contributed by atoms with E-state index in [9.17, 15) is 14.4 Å². The zero-order chi connectivity index (χ0) is 24.2. The average Bonchev–Trinajstić information content (AvgIpc) is 2.87. The molecule has 7 heteroatoms. The second-order valence-corrected chi connectivity index (χ2v) is 7.64. The maximum atomic E-state index is 13.5. The summed E-state index contributed by atoms with van der Waals surface area (Å²) in [7, 11) is 2.50. The number of hydrogen-bond donors (Lipinski definition) is 1. The van der Waals surface area contributed by atoms with Crippen LogP contribution in [0.5, 0.6) is 0 Å². The number of aromatic nitrogens is 1. The average molecular weight is 454 g/mol. The maximum absolute atomic E-state index is 13.5. The number of pyridine rings is 1. The van der Waals surface area contributed by atoms with Gasteiger partial charge in [0, 0.05) is 10.9 Å². The monoisotopic (exact) mass is 454 g/mol. The summed E-state index contributed by atoms with van der Waals surface area (Å²) >= 11 is 0. The quantitative estimate of drug-likeness (QED) is 0.425. The molecule has 7 nitrogen and oxygen atoms in total. The molecule has 34 heavy (non-hydrogen) atoms. The van der Waals surface area contributed by atoms with E-state index in [4.69, 9.17) is 14.5 Å². The summed E-state index contributed by atoms with van der Waals surface area (Å²) in [4.78, 5) is 42.5. The fraction of sp³-hybridized carbons (Fsp3) is 0.111. The van der Waals surface area contributed by atoms with Crippen LogP contribution in [-0.2, 0) is 9.47 Å². The van der Waals surface area contributed by atoms with Crippen LogP contribution in [0, 0.1) is 6.92 Å². The molecule has 1 heterocycles. The van der Waals surface area contributed by atoms with E-state index >= 15 is 0 Å². The highest BCUT2D eigenvalue weighted by Gasteiger charge is 2.20. The molecule has 1 aromatic heterocycles. The van der Waals surface area contributed by atoms with E-state index in [0.29, 0.717) is 22.2 Å². The van der Waals surface area contributed by atoms with Crippen LogP contribution in [0.4, 0.5) is 5.69 Å². The smallest absolute Gasteiger partial charge is 0.339 e. The molecular weight excluding hydrogens is 432 g/mol. The molecule has 0 atom stereocenters. The molecule has 0 saturated heterocycles. The summed E-state index contributed by atoms with van der Waals surface area (Å²) in [6.07, 6.45) is 0. The lowest BCUT2D eigenvalue weighted by atomic mass is 10.0. The lowest BCUT2D eigenvalue weighted by Crippen LogP contribution is -2.17. The minimum absolute atomic E-state index is 0.112. The van der Waals surface area contributed by atoms with Crippen molar-refractivity contribution in [2.24, 2.45) is 0 Å². The van der Waals surface area contributed by atoms with Crippen molar-refractivity contribution in [2.45, 2.75) is 6.92 Å². The molecule has 0 bridgehead atoms. The van der Waals surface area contributed by atoms with Crippen LogP contribution in [0.25, 0.3) is 22.2 Å². The zero-order valence-electron chi connectivity index (χ0n) is 18.9. The highest BCUT2D eigenvalue weighted by molar-refractivity contribution is 6.15. The van der Waals surface area contributed by atoms with Gasteiger partial charge in [-0.3, -0.25) is 4.79 Å². The van der Waals surface area contributed by atoms with Crippen LogP contribution in [0.3, 0.4) is 0 Å². The number of anilines is 1. The van der Waals surface area contributed by atoms with E-state index in [1.807, 2.05) is 55.5 Å². The largest absolute Gasteiger partial charge is 0.465 e. The Bertz CT molecular complexity index is 1410. The van der Waals surface area contributed by atoms with E-state index < -0.39 is 17.8 Å². The Morgan fingerprint density at radius 3 is 2.21 bits per heavy atom. The van der Waals surface area contributed by atoms with Crippen LogP contribution >= 0.6 is 0 Å². The Hall–Kier alpha value is -4.52. The third kappa shape index (κ3) is 4.49. The first kappa shape index (κ1) is 22.7. The number of fused-ring (bicyclic) bond motifs is 1. The highest BCUT2D eigenvalue weighted by atomic mass is 16.5. The fourth-order valence-electron chi connectivity index (χ4n) is 3.61. The number of rotatable bonds is 5. The molecule has 4 aromatic rings. The van der Waals surface area contributed by atoms with Gasteiger partial charge in [0.05, 0.1) is 47.8 Å². The molecule has 170 valence electrons. The summed E-state index contributed by atoms with van der Waals surface area (Å²) in [5.41, 5.74) is 4.09. The zero-order valence-corrected chi connectivity index (χ0v) is 18.9. The maximum Gasteiger partial charge on any atom is 0.339 e. The number of para-hydroxylation sites is 1. The van der Waals surface area contributed by atoms with Gasteiger partial charge in [-0.2, -0.15) is 0 Å². The molecule has 1 N–H and O–H groups in total. The molecule has 0 fully saturated rings. The number of hydrogen-bond acceptors (Lipinski definition) is 6. The number of benzene rings is 3. The number of aryl methyl sites for hydroxylation is 1. The Balaban J connectivity index is 1.81. The minimum Gasteiger partial charge on any atom is -0.465 e. The second-order valence-electron chi connectivity index (χ2n) is 7.64. The number of nitrogens with one attached hydrogen (secondary N) is 1. The predicted molar refractivity (Wildman–Crippen MR) is 129 cm³/mol. The SMILES string of the molecule is COC(=O)c1ccc(C(=O)OC)c(NC(=O)c2cc(-c3ccc(C)cc3)nc3ccccc23)c1. The van der Waals surface area contributed by atoms with Crippen LogP contribution in [0.1, 0.15) is 36.6 Å². The van der Waals surface area contributed by atoms with E-state index in [0.717, 1.165) is 11.1 Å². The van der Waals surface area contributed by atoms with Gasteiger partial charge >= 0.3 is 11.9 Å². The lowest BCUT2D eigenvalue weighted by molar-refractivity contribution is 0.0587. The molecule has 0 aliphatic heterocycles. The third-order valence-corrected chi connectivity index (χ3v) is 5.40. The first-order chi connectivity index (χ1) is 16.4. The Labute approximate surface area is 196 Å². The molecule has 1 amide bonds. The molecule has 0 aliphatic rings. The van der Waals surface area contributed by atoms with Gasteiger partial charge in [-0.05, 0) is 37.3 Å². The standard InChI is InChI=1S/C27H22N2O5/c1-16-8-10-17(11-9-16)23-15-21(19-6-4-5-7-22(19)28-23)25(30)29-24-14-18(26(31)33-2)12-13-20(24)27(32)34-3/h4-15H,1-3H3,(H,29,30). The van der Waals surface area contributed by atoms with E-state index in [-0.39, 0.29) is 16.8 Å². The summed E-state index contributed by atoms with van der Waals surface area (Å²) in [5, 5.41) is 3.42. The van der Waals surface area contributed by atoms with Gasteiger partial charge in [-0.15, -0.1) is 0 Å². The normalized spacial score (nSPS) is 10.6. The first-order valence-corrected chi connectivity index (χ1v) is 10.5. The molecule has 0 aliphatic carbocycles. The highest BCUT2D eigenvalue weighted by Crippen LogP contribution is 2.27. The molecule has 0 saturated carbocycles. The van der Waals surface area contributed by atoms with Crippen molar-refractivity contribution in [2.75, 3.05) is 19.5 Å². The van der Waals surface area contributed by atoms with E-state index in [1.54, 1.807) is 6.07 Å². The number of methoxy groups -OCH3 is 2. The Morgan fingerprint density at radius 2 is 1.50 bits per heavy atom. The Kier molecular flexibility index (Phi) is 6.36. The predicted octanol–water partition coefficient (Wildman–Crippen LogP) is 5.04. The van der Waals surface area contributed by atoms with Crippen molar-refractivity contribution in [1.82, 2.24) is 4.98 Å². The Morgan fingerprint density at radius 1 is 0.794 bits per heavy atom. The van der Waals surface area contributed by atoms with Crippen molar-refractivity contribution in [3.63, 3.8) is 0 Å². The van der Waals surface area contributed by atoms with Crippen molar-refractivity contribution in [1.29, 1.82) is 0 Å². The first-order valence-electron chi connectivity index (χ1n) is 10.5. The summed E-state index contributed by atoms with van der Waals surface area (Å²) in [6, 6.07) is 21.1. The van der Waals surface area contributed by atoms with Gasteiger partial charge in [0.25, 0.3) is 5.91 Å². The van der Waals surface area contributed by atoms with Crippen LogP contribution in [0.15, 0.2) is 72.8 Å². The van der Waals surface area contributed by atoms with Crippen LogP contribution < -0.4 is 5.32 Å². The summed E-state index contributed by atoms with van der Waals surface area (Å²) < 4.78 is 9.59. The topological polar surface area (TPSA) is 94.6 Å². The minimum atomic E-state index is -0.647. The summed E-state index contributed by atoms with van der Waals surface area (Å²) in [6.45, 7) is 2.00. The molecule has 0 spiro atoms.